The number of para-hydroxylation sites is 1. The molecule has 0 atom stereocenters. The third-order valence-corrected chi connectivity index (χ3v) is 5.51. The van der Waals surface area contributed by atoms with Crippen LogP contribution in [0.2, 0.25) is 0 Å². The second kappa shape index (κ2) is 7.48. The van der Waals surface area contributed by atoms with Crippen molar-refractivity contribution in [1.29, 1.82) is 0 Å². The highest BCUT2D eigenvalue weighted by Gasteiger charge is 2.12. The van der Waals surface area contributed by atoms with E-state index in [1.165, 1.54) is 17.8 Å². The quantitative estimate of drug-likeness (QED) is 0.220. The van der Waals surface area contributed by atoms with Crippen LogP contribution in [0.1, 0.15) is 11.1 Å². The summed E-state index contributed by atoms with van der Waals surface area (Å²) < 4.78 is 6.93. The van der Waals surface area contributed by atoms with Crippen LogP contribution in [0, 0.1) is 6.92 Å². The number of fused-ring (bicyclic) bond motifs is 2. The van der Waals surface area contributed by atoms with Crippen LogP contribution in [-0.4, -0.2) is 9.55 Å². The fourth-order valence-electron chi connectivity index (χ4n) is 3.15. The SMILES string of the molecule is C=CCn1c(SCc2cc(=O)oc3cc(C)ccc23)nc2ccccc2c1=O. The van der Waals surface area contributed by atoms with E-state index in [1.807, 2.05) is 43.3 Å². The van der Waals surface area contributed by atoms with Gasteiger partial charge in [0.1, 0.15) is 5.58 Å². The van der Waals surface area contributed by atoms with Gasteiger partial charge in [0.2, 0.25) is 0 Å². The molecule has 0 fully saturated rings. The molecule has 0 aliphatic carbocycles. The fraction of sp³-hybridized carbons (Fsp3) is 0.136. The van der Waals surface area contributed by atoms with Crippen molar-refractivity contribution in [3.05, 3.63) is 93.1 Å². The summed E-state index contributed by atoms with van der Waals surface area (Å²) in [5.74, 6) is 0.493. The molecule has 0 N–H and O–H groups in total. The summed E-state index contributed by atoms with van der Waals surface area (Å²) in [6.07, 6.45) is 1.68. The van der Waals surface area contributed by atoms with Gasteiger partial charge in [-0.05, 0) is 36.2 Å². The number of allylic oxidation sites excluding steroid dienone is 1. The number of hydrogen-bond donors (Lipinski definition) is 0. The van der Waals surface area contributed by atoms with E-state index in [2.05, 4.69) is 11.6 Å². The summed E-state index contributed by atoms with van der Waals surface area (Å²) in [6.45, 7) is 6.07. The van der Waals surface area contributed by atoms with Crippen LogP contribution in [0.3, 0.4) is 0 Å². The van der Waals surface area contributed by atoms with Crippen molar-refractivity contribution in [2.75, 3.05) is 0 Å². The molecule has 0 saturated carbocycles. The third-order valence-electron chi connectivity index (χ3n) is 4.48. The first-order chi connectivity index (χ1) is 13.6. The molecule has 0 bridgehead atoms. The fourth-order valence-corrected chi connectivity index (χ4v) is 4.15. The van der Waals surface area contributed by atoms with Gasteiger partial charge in [-0.15, -0.1) is 6.58 Å². The first-order valence-electron chi connectivity index (χ1n) is 8.83. The van der Waals surface area contributed by atoms with Crippen molar-refractivity contribution in [1.82, 2.24) is 9.55 Å². The van der Waals surface area contributed by atoms with Gasteiger partial charge < -0.3 is 4.42 Å². The largest absolute Gasteiger partial charge is 0.423 e. The van der Waals surface area contributed by atoms with Gasteiger partial charge in [-0.3, -0.25) is 9.36 Å². The monoisotopic (exact) mass is 390 g/mol. The number of aryl methyl sites for hydroxylation is 1. The van der Waals surface area contributed by atoms with Crippen molar-refractivity contribution in [2.24, 2.45) is 0 Å². The Morgan fingerprint density at radius 3 is 2.79 bits per heavy atom. The van der Waals surface area contributed by atoms with Crippen LogP contribution < -0.4 is 11.2 Å². The summed E-state index contributed by atoms with van der Waals surface area (Å²) in [7, 11) is 0. The van der Waals surface area contributed by atoms with Gasteiger partial charge in [-0.25, -0.2) is 9.78 Å². The van der Waals surface area contributed by atoms with E-state index in [9.17, 15) is 9.59 Å². The number of benzene rings is 2. The van der Waals surface area contributed by atoms with Gasteiger partial charge in [-0.1, -0.05) is 42.1 Å². The molecule has 2 aromatic carbocycles. The minimum absolute atomic E-state index is 0.0962. The number of aromatic nitrogens is 2. The topological polar surface area (TPSA) is 65.1 Å². The van der Waals surface area contributed by atoms with Gasteiger partial charge in [0.25, 0.3) is 5.56 Å². The van der Waals surface area contributed by atoms with Gasteiger partial charge in [0, 0.05) is 23.8 Å². The summed E-state index contributed by atoms with van der Waals surface area (Å²) >= 11 is 1.42. The van der Waals surface area contributed by atoms with Crippen LogP contribution in [0.5, 0.6) is 0 Å². The van der Waals surface area contributed by atoms with Crippen molar-refractivity contribution in [3.8, 4) is 0 Å². The zero-order chi connectivity index (χ0) is 19.7. The molecule has 0 saturated heterocycles. The summed E-state index contributed by atoms with van der Waals surface area (Å²) in [5.41, 5.74) is 2.62. The van der Waals surface area contributed by atoms with Gasteiger partial charge in [0.05, 0.1) is 10.9 Å². The molecule has 28 heavy (non-hydrogen) atoms. The highest BCUT2D eigenvalue weighted by molar-refractivity contribution is 7.98. The van der Waals surface area contributed by atoms with E-state index in [4.69, 9.17) is 4.42 Å². The van der Waals surface area contributed by atoms with Crippen LogP contribution in [-0.2, 0) is 12.3 Å². The maximum atomic E-state index is 12.9. The maximum Gasteiger partial charge on any atom is 0.336 e. The smallest absolute Gasteiger partial charge is 0.336 e. The number of thioether (sulfide) groups is 1. The lowest BCUT2D eigenvalue weighted by atomic mass is 10.1. The molecule has 0 unspecified atom stereocenters. The Hall–Kier alpha value is -3.12. The molecular formula is C22H18N2O3S. The van der Waals surface area contributed by atoms with E-state index in [1.54, 1.807) is 16.7 Å². The molecule has 4 rings (SSSR count). The first kappa shape index (κ1) is 18.3. The summed E-state index contributed by atoms with van der Waals surface area (Å²) in [6, 6.07) is 14.6. The molecule has 0 aliphatic heterocycles. The van der Waals surface area contributed by atoms with Gasteiger partial charge in [-0.2, -0.15) is 0 Å². The zero-order valence-corrected chi connectivity index (χ0v) is 16.2. The van der Waals surface area contributed by atoms with E-state index in [0.29, 0.717) is 33.9 Å². The standard InChI is InChI=1S/C22H18N2O3S/c1-3-10-24-21(26)17-6-4-5-7-18(17)23-22(24)28-13-15-12-20(25)27-19-11-14(2)8-9-16(15)19/h3-9,11-12H,1,10,13H2,2H3. The second-order valence-electron chi connectivity index (χ2n) is 6.49. The average molecular weight is 390 g/mol. The highest BCUT2D eigenvalue weighted by atomic mass is 32.2. The van der Waals surface area contributed by atoms with Crippen LogP contribution in [0.15, 0.2) is 80.3 Å². The van der Waals surface area contributed by atoms with E-state index < -0.39 is 0 Å². The first-order valence-corrected chi connectivity index (χ1v) is 9.82. The molecule has 0 amide bonds. The normalized spacial score (nSPS) is 11.2. The molecule has 0 aliphatic rings. The Kier molecular flexibility index (Phi) is 4.88. The molecule has 0 spiro atoms. The lowest BCUT2D eigenvalue weighted by molar-refractivity contribution is 0.559. The summed E-state index contributed by atoms with van der Waals surface area (Å²) in [4.78, 5) is 29.5. The minimum atomic E-state index is -0.386. The van der Waals surface area contributed by atoms with E-state index in [0.717, 1.165) is 16.5 Å². The molecule has 6 heteroatoms. The van der Waals surface area contributed by atoms with Crippen molar-refractivity contribution in [2.45, 2.75) is 24.4 Å². The Bertz CT molecular complexity index is 1320. The average Bonchev–Trinajstić information content (AvgIpc) is 2.68. The molecule has 5 nitrogen and oxygen atoms in total. The van der Waals surface area contributed by atoms with Gasteiger partial charge >= 0.3 is 5.63 Å². The predicted octanol–water partition coefficient (Wildman–Crippen LogP) is 4.29. The van der Waals surface area contributed by atoms with E-state index in [-0.39, 0.29) is 11.2 Å². The van der Waals surface area contributed by atoms with Crippen LogP contribution in [0.4, 0.5) is 0 Å². The lowest BCUT2D eigenvalue weighted by Gasteiger charge is -2.12. The van der Waals surface area contributed by atoms with Crippen molar-refractivity contribution >= 4 is 33.6 Å². The number of rotatable bonds is 5. The zero-order valence-electron chi connectivity index (χ0n) is 15.3. The molecule has 140 valence electrons. The number of hydrogen-bond acceptors (Lipinski definition) is 5. The third kappa shape index (κ3) is 3.39. The Labute approximate surface area is 165 Å². The Balaban J connectivity index is 1.78. The highest BCUT2D eigenvalue weighted by Crippen LogP contribution is 2.26. The van der Waals surface area contributed by atoms with Crippen LogP contribution in [0.25, 0.3) is 21.9 Å². The molecule has 2 aromatic heterocycles. The molecule has 4 aromatic rings. The minimum Gasteiger partial charge on any atom is -0.423 e. The molecular weight excluding hydrogens is 372 g/mol. The maximum absolute atomic E-state index is 12.9. The molecule has 0 radical (unpaired) electrons. The van der Waals surface area contributed by atoms with E-state index >= 15 is 0 Å². The Morgan fingerprint density at radius 2 is 1.96 bits per heavy atom. The van der Waals surface area contributed by atoms with Crippen LogP contribution >= 0.6 is 11.8 Å². The van der Waals surface area contributed by atoms with Crippen molar-refractivity contribution in [3.63, 3.8) is 0 Å². The lowest BCUT2D eigenvalue weighted by Crippen LogP contribution is -2.22. The predicted molar refractivity (Wildman–Crippen MR) is 113 cm³/mol. The van der Waals surface area contributed by atoms with Crippen molar-refractivity contribution < 1.29 is 4.42 Å². The second-order valence-corrected chi connectivity index (χ2v) is 7.44. The molecule has 2 heterocycles. The summed E-state index contributed by atoms with van der Waals surface area (Å²) in [5, 5.41) is 2.06. The number of nitrogens with zero attached hydrogens (tertiary/aromatic N) is 2. The van der Waals surface area contributed by atoms with Gasteiger partial charge in [0.15, 0.2) is 5.16 Å². The Morgan fingerprint density at radius 1 is 1.14 bits per heavy atom.